The molecule has 0 unspecified atom stereocenters. The van der Waals surface area contributed by atoms with Crippen molar-refractivity contribution in [1.29, 1.82) is 0 Å². The summed E-state index contributed by atoms with van der Waals surface area (Å²) >= 11 is 3.60. The third-order valence-electron chi connectivity index (χ3n) is 11.9. The van der Waals surface area contributed by atoms with Gasteiger partial charge in [-0.15, -0.1) is 0 Å². The molecule has 6 nitrogen and oxygen atoms in total. The maximum atomic E-state index is 7.07. The molecule has 8 rings (SSSR count). The van der Waals surface area contributed by atoms with Gasteiger partial charge in [0.05, 0.1) is 0 Å². The standard InChI is InChI=1S/2C25H30N2OSSi/c2*1-25(2,3)30(22-11-6-4-7-12-22,23-13-8-5-9-14-23)28-19-20-17-21(18-20)29-24-26-15-10-16-27-24/h2*4-16,20-21H,17-19H2,1-3H3. The molecular weight excluding hydrogens is 809 g/mol. The summed E-state index contributed by atoms with van der Waals surface area (Å²) in [4.78, 5) is 17.4. The van der Waals surface area contributed by atoms with Gasteiger partial charge in [-0.1, -0.05) is 186 Å². The second kappa shape index (κ2) is 19.9. The van der Waals surface area contributed by atoms with Crippen molar-refractivity contribution in [2.24, 2.45) is 11.8 Å². The Balaban J connectivity index is 0.000000181. The quantitative estimate of drug-likeness (QED) is 0.0793. The third-order valence-corrected chi connectivity index (χ3v) is 24.2. The lowest BCUT2D eigenvalue weighted by atomic mass is 9.86. The fraction of sp³-hybridized carbons (Fsp3) is 0.360. The highest BCUT2D eigenvalue weighted by atomic mass is 32.2. The SMILES string of the molecule is CC(C)(C)[Si](OCC1CC(Sc2ncccn2)C1)(c1ccccc1)c1ccccc1.CC(C)(C)[Si](OCC1CC(Sc2ncccn2)C1)(c1ccccc1)c1ccccc1. The Hall–Kier alpha value is -3.91. The molecule has 2 aromatic heterocycles. The van der Waals surface area contributed by atoms with Crippen LogP contribution in [0.5, 0.6) is 0 Å². The second-order valence-electron chi connectivity index (χ2n) is 18.2. The number of aromatic nitrogens is 4. The highest BCUT2D eigenvalue weighted by Gasteiger charge is 2.52. The summed E-state index contributed by atoms with van der Waals surface area (Å²) < 4.78 is 14.1. The van der Waals surface area contributed by atoms with Crippen LogP contribution in [0.4, 0.5) is 0 Å². The molecule has 2 aliphatic carbocycles. The zero-order valence-electron chi connectivity index (χ0n) is 36.0. The molecule has 312 valence electrons. The van der Waals surface area contributed by atoms with Crippen molar-refractivity contribution in [3.8, 4) is 0 Å². The molecule has 6 aromatic rings. The first-order chi connectivity index (χ1) is 29.0. The van der Waals surface area contributed by atoms with Crippen LogP contribution in [0.15, 0.2) is 169 Å². The maximum Gasteiger partial charge on any atom is 0.261 e. The van der Waals surface area contributed by atoms with Crippen LogP contribution in [0.3, 0.4) is 0 Å². The van der Waals surface area contributed by atoms with Gasteiger partial charge in [-0.05, 0) is 80.5 Å². The van der Waals surface area contributed by atoms with Gasteiger partial charge in [-0.25, -0.2) is 19.9 Å². The van der Waals surface area contributed by atoms with Crippen molar-refractivity contribution in [3.05, 3.63) is 158 Å². The van der Waals surface area contributed by atoms with Crippen LogP contribution in [-0.4, -0.2) is 60.3 Å². The minimum Gasteiger partial charge on any atom is -0.407 e. The molecule has 2 fully saturated rings. The lowest BCUT2D eigenvalue weighted by Gasteiger charge is -2.45. The Bertz CT molecular complexity index is 1930. The van der Waals surface area contributed by atoms with Gasteiger partial charge in [0, 0.05) is 48.5 Å². The van der Waals surface area contributed by atoms with Gasteiger partial charge in [0.1, 0.15) is 0 Å². The van der Waals surface area contributed by atoms with Crippen LogP contribution in [0.25, 0.3) is 0 Å². The summed E-state index contributed by atoms with van der Waals surface area (Å²) in [6.45, 7) is 15.7. The molecule has 0 aliphatic heterocycles. The topological polar surface area (TPSA) is 70.0 Å². The van der Waals surface area contributed by atoms with E-state index in [0.29, 0.717) is 22.3 Å². The van der Waals surface area contributed by atoms with Crippen molar-refractivity contribution in [2.45, 2.75) is 98.1 Å². The number of nitrogens with zero attached hydrogens (tertiary/aromatic N) is 4. The molecule has 0 saturated heterocycles. The van der Waals surface area contributed by atoms with Crippen LogP contribution < -0.4 is 20.7 Å². The predicted octanol–water partition coefficient (Wildman–Crippen LogP) is 9.85. The molecule has 60 heavy (non-hydrogen) atoms. The van der Waals surface area contributed by atoms with E-state index < -0.39 is 16.6 Å². The van der Waals surface area contributed by atoms with E-state index in [9.17, 15) is 0 Å². The number of rotatable bonds is 14. The largest absolute Gasteiger partial charge is 0.407 e. The van der Waals surface area contributed by atoms with E-state index in [4.69, 9.17) is 8.85 Å². The van der Waals surface area contributed by atoms with Crippen molar-refractivity contribution < 1.29 is 8.85 Å². The fourth-order valence-corrected chi connectivity index (χ4v) is 20.7. The second-order valence-corrected chi connectivity index (χ2v) is 29.3. The molecule has 0 spiro atoms. The van der Waals surface area contributed by atoms with Crippen molar-refractivity contribution in [1.82, 2.24) is 19.9 Å². The summed E-state index contributed by atoms with van der Waals surface area (Å²) in [5.74, 6) is 1.21. The average Bonchev–Trinajstić information content (AvgIpc) is 3.23. The summed E-state index contributed by atoms with van der Waals surface area (Å²) in [7, 11) is -4.84. The molecule has 4 aromatic carbocycles. The average molecular weight is 869 g/mol. The number of hydrogen-bond acceptors (Lipinski definition) is 8. The van der Waals surface area contributed by atoms with Gasteiger partial charge in [0.25, 0.3) is 16.6 Å². The Kier molecular flexibility index (Phi) is 14.6. The molecule has 2 saturated carbocycles. The predicted molar refractivity (Wildman–Crippen MR) is 256 cm³/mol. The van der Waals surface area contributed by atoms with Crippen LogP contribution in [0.1, 0.15) is 67.2 Å². The third kappa shape index (κ3) is 10.2. The first-order valence-corrected chi connectivity index (χ1v) is 26.9. The van der Waals surface area contributed by atoms with Crippen molar-refractivity contribution >= 4 is 60.9 Å². The fourth-order valence-electron chi connectivity index (χ4n) is 8.81. The number of hydrogen-bond donors (Lipinski definition) is 0. The molecule has 0 N–H and O–H groups in total. The summed E-state index contributed by atoms with van der Waals surface area (Å²) in [5, 5.41) is 8.44. The summed E-state index contributed by atoms with van der Waals surface area (Å²) in [6, 6.07) is 47.3. The van der Waals surface area contributed by atoms with E-state index in [2.05, 4.69) is 183 Å². The highest BCUT2D eigenvalue weighted by molar-refractivity contribution is 8.00. The van der Waals surface area contributed by atoms with Crippen LogP contribution >= 0.6 is 23.5 Å². The summed E-state index contributed by atoms with van der Waals surface area (Å²) in [6.07, 6.45) is 11.9. The molecule has 10 heteroatoms. The zero-order chi connectivity index (χ0) is 42.1. The van der Waals surface area contributed by atoms with Gasteiger partial charge in [0.2, 0.25) is 0 Å². The van der Waals surface area contributed by atoms with E-state index in [0.717, 1.165) is 23.5 Å². The molecule has 0 amide bonds. The van der Waals surface area contributed by atoms with Gasteiger partial charge in [0.15, 0.2) is 10.3 Å². The Morgan fingerprint density at radius 3 is 0.950 bits per heavy atom. The molecule has 2 heterocycles. The van der Waals surface area contributed by atoms with Crippen molar-refractivity contribution in [2.75, 3.05) is 13.2 Å². The molecule has 0 atom stereocenters. The molecule has 2 aliphatic rings. The minimum atomic E-state index is -2.42. The maximum absolute atomic E-state index is 7.07. The van der Waals surface area contributed by atoms with Crippen molar-refractivity contribution in [3.63, 3.8) is 0 Å². The lowest BCUT2D eigenvalue weighted by molar-refractivity contribution is 0.177. The van der Waals surface area contributed by atoms with Crippen LogP contribution in [-0.2, 0) is 8.85 Å². The number of thioether (sulfide) groups is 2. The van der Waals surface area contributed by atoms with Gasteiger partial charge < -0.3 is 8.85 Å². The van der Waals surface area contributed by atoms with Crippen LogP contribution in [0, 0.1) is 11.8 Å². The Morgan fingerprint density at radius 1 is 0.433 bits per heavy atom. The number of benzene rings is 4. The van der Waals surface area contributed by atoms with Gasteiger partial charge in [-0.2, -0.15) is 0 Å². The molecular formula is C50H60N4O2S2Si2. The smallest absolute Gasteiger partial charge is 0.261 e. The normalized spacial score (nSPS) is 19.3. The monoisotopic (exact) mass is 868 g/mol. The van der Waals surface area contributed by atoms with E-state index in [1.165, 1.54) is 46.4 Å². The van der Waals surface area contributed by atoms with Gasteiger partial charge in [-0.3, -0.25) is 0 Å². The first-order valence-electron chi connectivity index (χ1n) is 21.4. The highest BCUT2D eigenvalue weighted by Crippen LogP contribution is 2.44. The Morgan fingerprint density at radius 2 is 0.700 bits per heavy atom. The zero-order valence-corrected chi connectivity index (χ0v) is 39.6. The summed E-state index contributed by atoms with van der Waals surface area (Å²) in [5.41, 5.74) is 0. The van der Waals surface area contributed by atoms with Crippen LogP contribution in [0.2, 0.25) is 10.1 Å². The molecule has 0 bridgehead atoms. The van der Waals surface area contributed by atoms with E-state index in [1.54, 1.807) is 23.5 Å². The van der Waals surface area contributed by atoms with E-state index in [-0.39, 0.29) is 10.1 Å². The van der Waals surface area contributed by atoms with E-state index >= 15 is 0 Å². The Labute approximate surface area is 369 Å². The minimum absolute atomic E-state index is 0.0332. The molecule has 0 radical (unpaired) electrons. The van der Waals surface area contributed by atoms with E-state index in [1.807, 2.05) is 36.9 Å². The van der Waals surface area contributed by atoms with Gasteiger partial charge >= 0.3 is 0 Å². The first kappa shape index (κ1) is 44.2. The lowest BCUT2D eigenvalue weighted by Crippen LogP contribution is -2.67.